The van der Waals surface area contributed by atoms with Crippen molar-refractivity contribution < 1.29 is 4.74 Å². The normalized spacial score (nSPS) is 27.6. The van der Waals surface area contributed by atoms with Crippen molar-refractivity contribution in [2.45, 2.75) is 51.2 Å². The molecule has 0 aromatic heterocycles. The van der Waals surface area contributed by atoms with Crippen molar-refractivity contribution in [2.75, 3.05) is 11.9 Å². The molecule has 0 heterocycles. The molecule has 0 bridgehead atoms. The Morgan fingerprint density at radius 1 is 1.25 bits per heavy atom. The molecule has 20 heavy (non-hydrogen) atoms. The van der Waals surface area contributed by atoms with Crippen molar-refractivity contribution in [2.24, 2.45) is 5.41 Å². The Kier molecular flexibility index (Phi) is 4.16. The van der Waals surface area contributed by atoms with Crippen molar-refractivity contribution in [3.8, 4) is 0 Å². The molecule has 2 fully saturated rings. The summed E-state index contributed by atoms with van der Waals surface area (Å²) in [7, 11) is 0. The van der Waals surface area contributed by atoms with Gasteiger partial charge in [0.25, 0.3) is 0 Å². The summed E-state index contributed by atoms with van der Waals surface area (Å²) in [6.07, 6.45) is 6.55. The average molecular weight is 314 g/mol. The minimum Gasteiger partial charge on any atom is -0.379 e. The first-order chi connectivity index (χ1) is 9.67. The van der Waals surface area contributed by atoms with Crippen LogP contribution in [0.3, 0.4) is 0 Å². The van der Waals surface area contributed by atoms with E-state index < -0.39 is 0 Å². The van der Waals surface area contributed by atoms with Gasteiger partial charge in [-0.1, -0.05) is 42.1 Å². The molecule has 1 aromatic rings. The third-order valence-electron chi connectivity index (χ3n) is 4.97. The van der Waals surface area contributed by atoms with E-state index in [0.29, 0.717) is 27.6 Å². The van der Waals surface area contributed by atoms with E-state index in [1.807, 2.05) is 18.2 Å². The van der Waals surface area contributed by atoms with E-state index in [0.717, 1.165) is 18.7 Å². The van der Waals surface area contributed by atoms with Crippen LogP contribution >= 0.6 is 23.2 Å². The third kappa shape index (κ3) is 2.32. The maximum absolute atomic E-state index is 6.27. The van der Waals surface area contributed by atoms with Gasteiger partial charge in [-0.2, -0.15) is 0 Å². The smallest absolute Gasteiger partial charge is 0.0721 e. The Labute approximate surface area is 130 Å². The van der Waals surface area contributed by atoms with Crippen molar-refractivity contribution in [1.29, 1.82) is 0 Å². The van der Waals surface area contributed by atoms with Gasteiger partial charge in [0.15, 0.2) is 0 Å². The first-order valence-corrected chi connectivity index (χ1v) is 8.25. The minimum atomic E-state index is 0.290. The number of anilines is 1. The van der Waals surface area contributed by atoms with Crippen LogP contribution in [0.4, 0.5) is 5.69 Å². The minimum absolute atomic E-state index is 0.290. The lowest BCUT2D eigenvalue weighted by molar-refractivity contribution is -0.114. The Morgan fingerprint density at radius 3 is 2.50 bits per heavy atom. The molecule has 110 valence electrons. The second-order valence-corrected chi connectivity index (χ2v) is 6.73. The van der Waals surface area contributed by atoms with Crippen LogP contribution in [0.25, 0.3) is 0 Å². The predicted molar refractivity (Wildman–Crippen MR) is 84.8 cm³/mol. The maximum Gasteiger partial charge on any atom is 0.0721 e. The van der Waals surface area contributed by atoms with E-state index in [-0.39, 0.29) is 0 Å². The number of benzene rings is 1. The molecule has 4 heteroatoms. The summed E-state index contributed by atoms with van der Waals surface area (Å²) < 4.78 is 5.94. The molecular weight excluding hydrogens is 293 g/mol. The Balaban J connectivity index is 1.78. The SMILES string of the molecule is CCOC1CC(Nc2c(Cl)cccc2Cl)C12CCCC2. The standard InChI is InChI=1S/C16H21Cl2NO/c1-2-20-14-10-13(16(14)8-3-4-9-16)19-15-11(17)6-5-7-12(15)18/h5-7,13-14,19H,2-4,8-10H2,1H3. The lowest BCUT2D eigenvalue weighted by Gasteiger charge is -2.54. The van der Waals surface area contributed by atoms with Gasteiger partial charge in [-0.3, -0.25) is 0 Å². The quantitative estimate of drug-likeness (QED) is 0.830. The van der Waals surface area contributed by atoms with Crippen molar-refractivity contribution in [3.05, 3.63) is 28.2 Å². The Morgan fingerprint density at radius 2 is 1.90 bits per heavy atom. The van der Waals surface area contributed by atoms with Gasteiger partial charge in [0.2, 0.25) is 0 Å². The molecule has 1 N–H and O–H groups in total. The van der Waals surface area contributed by atoms with Gasteiger partial charge in [0.1, 0.15) is 0 Å². The third-order valence-corrected chi connectivity index (χ3v) is 5.60. The van der Waals surface area contributed by atoms with Crippen LogP contribution in [0, 0.1) is 5.41 Å². The highest BCUT2D eigenvalue weighted by atomic mass is 35.5. The molecule has 2 aliphatic rings. The van der Waals surface area contributed by atoms with Crippen LogP contribution < -0.4 is 5.32 Å². The zero-order valence-corrected chi connectivity index (χ0v) is 13.3. The maximum atomic E-state index is 6.27. The highest BCUT2D eigenvalue weighted by molar-refractivity contribution is 6.39. The average Bonchev–Trinajstić information content (AvgIpc) is 2.93. The summed E-state index contributed by atoms with van der Waals surface area (Å²) in [5.41, 5.74) is 1.17. The van der Waals surface area contributed by atoms with Crippen LogP contribution in [0.1, 0.15) is 39.0 Å². The van der Waals surface area contributed by atoms with E-state index in [9.17, 15) is 0 Å². The van der Waals surface area contributed by atoms with Gasteiger partial charge in [0, 0.05) is 18.1 Å². The van der Waals surface area contributed by atoms with Crippen LogP contribution in [0.15, 0.2) is 18.2 Å². The second kappa shape index (κ2) is 5.75. The molecule has 3 rings (SSSR count). The van der Waals surface area contributed by atoms with Gasteiger partial charge in [-0.05, 0) is 38.3 Å². The monoisotopic (exact) mass is 313 g/mol. The number of rotatable bonds is 4. The Hall–Kier alpha value is -0.440. The van der Waals surface area contributed by atoms with E-state index in [4.69, 9.17) is 27.9 Å². The predicted octanol–water partition coefficient (Wildman–Crippen LogP) is 5.14. The molecule has 2 atom stereocenters. The van der Waals surface area contributed by atoms with Crippen LogP contribution in [0.5, 0.6) is 0 Å². The molecule has 0 aliphatic heterocycles. The number of nitrogens with one attached hydrogen (secondary N) is 1. The molecule has 1 spiro atoms. The summed E-state index contributed by atoms with van der Waals surface area (Å²) in [5.74, 6) is 0. The fraction of sp³-hybridized carbons (Fsp3) is 0.625. The van der Waals surface area contributed by atoms with E-state index in [1.54, 1.807) is 0 Å². The summed E-state index contributed by atoms with van der Waals surface area (Å²) in [5, 5.41) is 4.99. The van der Waals surface area contributed by atoms with Gasteiger partial charge >= 0.3 is 0 Å². The molecule has 2 unspecified atom stereocenters. The van der Waals surface area contributed by atoms with Gasteiger partial charge < -0.3 is 10.1 Å². The molecule has 1 aromatic carbocycles. The molecule has 2 nitrogen and oxygen atoms in total. The first-order valence-electron chi connectivity index (χ1n) is 7.49. The zero-order valence-electron chi connectivity index (χ0n) is 11.8. The lowest BCUT2D eigenvalue weighted by Crippen LogP contribution is -2.60. The molecule has 0 radical (unpaired) electrons. The van der Waals surface area contributed by atoms with E-state index in [1.165, 1.54) is 25.7 Å². The summed E-state index contributed by atoms with van der Waals surface area (Å²) in [4.78, 5) is 0. The van der Waals surface area contributed by atoms with Crippen molar-refractivity contribution >= 4 is 28.9 Å². The highest BCUT2D eigenvalue weighted by Gasteiger charge is 2.56. The highest BCUT2D eigenvalue weighted by Crippen LogP contribution is 2.56. The molecule has 2 aliphatic carbocycles. The Bertz CT molecular complexity index is 465. The fourth-order valence-corrected chi connectivity index (χ4v) is 4.41. The molecule has 0 amide bonds. The number of hydrogen-bond acceptors (Lipinski definition) is 2. The number of halogens is 2. The lowest BCUT2D eigenvalue weighted by atomic mass is 9.60. The first kappa shape index (κ1) is 14.5. The van der Waals surface area contributed by atoms with Crippen LogP contribution in [-0.2, 0) is 4.74 Å². The van der Waals surface area contributed by atoms with Gasteiger partial charge in [-0.15, -0.1) is 0 Å². The summed E-state index contributed by atoms with van der Waals surface area (Å²) >= 11 is 12.5. The molecule has 0 saturated heterocycles. The van der Waals surface area contributed by atoms with Gasteiger partial charge in [-0.25, -0.2) is 0 Å². The largest absolute Gasteiger partial charge is 0.379 e. The van der Waals surface area contributed by atoms with Crippen LogP contribution in [-0.4, -0.2) is 18.8 Å². The molecular formula is C16H21Cl2NO. The van der Waals surface area contributed by atoms with Gasteiger partial charge in [0.05, 0.1) is 21.8 Å². The number of ether oxygens (including phenoxy) is 1. The summed E-state index contributed by atoms with van der Waals surface area (Å²) in [6, 6.07) is 6.08. The van der Waals surface area contributed by atoms with Crippen LogP contribution in [0.2, 0.25) is 10.0 Å². The fourth-order valence-electron chi connectivity index (χ4n) is 3.90. The number of hydrogen-bond donors (Lipinski definition) is 1. The second-order valence-electron chi connectivity index (χ2n) is 5.91. The zero-order chi connectivity index (χ0) is 14.2. The molecule has 2 saturated carbocycles. The topological polar surface area (TPSA) is 21.3 Å². The summed E-state index contributed by atoms with van der Waals surface area (Å²) in [6.45, 7) is 2.88. The van der Waals surface area contributed by atoms with E-state index >= 15 is 0 Å². The van der Waals surface area contributed by atoms with Crippen molar-refractivity contribution in [1.82, 2.24) is 0 Å². The van der Waals surface area contributed by atoms with Crippen molar-refractivity contribution in [3.63, 3.8) is 0 Å². The number of para-hydroxylation sites is 1. The van der Waals surface area contributed by atoms with E-state index in [2.05, 4.69) is 12.2 Å².